The zero-order valence-electron chi connectivity index (χ0n) is 25.2. The standard InChI is InChI=1S/C31H38N8O2.2H2S/c1-5-27(40)39-14-13-38(17-21(39)3)30-24-10-12-37(29-20(2)8-9-22-16-33-35-28(22)29)18-26(24)34-31(25(30)15-32)41-19-23-7-6-11-36(23)4;;/h5,8-9,16,21,23H,1,6-7,10-14,17-19H2,2-4H3,(H,33,35);2*1H2/t21-,23-;;/m0../s1. The van der Waals surface area contributed by atoms with Crippen LogP contribution in [0.25, 0.3) is 10.9 Å². The van der Waals surface area contributed by atoms with Crippen molar-refractivity contribution >= 4 is 55.2 Å². The van der Waals surface area contributed by atoms with Crippen LogP contribution in [0.5, 0.6) is 5.88 Å². The second-order valence-corrected chi connectivity index (χ2v) is 11.5. The van der Waals surface area contributed by atoms with Crippen molar-refractivity contribution < 1.29 is 9.53 Å². The molecular weight excluding hydrogens is 581 g/mol. The number of hydrogen-bond acceptors (Lipinski definition) is 8. The van der Waals surface area contributed by atoms with Gasteiger partial charge in [0.05, 0.1) is 35.3 Å². The van der Waals surface area contributed by atoms with Crippen molar-refractivity contribution in [3.8, 4) is 11.9 Å². The molecule has 2 atom stereocenters. The lowest BCUT2D eigenvalue weighted by molar-refractivity contribution is -0.128. The molecule has 0 radical (unpaired) electrons. The number of pyridine rings is 1. The van der Waals surface area contributed by atoms with Gasteiger partial charge < -0.3 is 24.3 Å². The van der Waals surface area contributed by atoms with Gasteiger partial charge in [0, 0.05) is 49.2 Å². The highest BCUT2D eigenvalue weighted by atomic mass is 32.1. The number of nitriles is 1. The summed E-state index contributed by atoms with van der Waals surface area (Å²) in [6, 6.07) is 7.00. The number of likely N-dealkylation sites (tertiary alicyclic amines) is 1. The molecule has 3 aromatic rings. The quantitative estimate of drug-likeness (QED) is 0.416. The number of nitrogens with zero attached hydrogens (tertiary/aromatic N) is 7. The number of benzene rings is 1. The molecule has 1 amide bonds. The molecule has 3 aliphatic rings. The Balaban J connectivity index is 0.00000212. The maximum atomic E-state index is 12.4. The lowest BCUT2D eigenvalue weighted by Crippen LogP contribution is -2.54. The topological polar surface area (TPSA) is 105 Å². The molecular formula is C31H42N8O2S2. The first-order valence-corrected chi connectivity index (χ1v) is 14.5. The van der Waals surface area contributed by atoms with E-state index < -0.39 is 0 Å². The van der Waals surface area contributed by atoms with E-state index in [1.54, 1.807) is 0 Å². The normalized spacial score (nSPS) is 20.2. The van der Waals surface area contributed by atoms with E-state index in [2.05, 4.69) is 70.6 Å². The van der Waals surface area contributed by atoms with Gasteiger partial charge in [0.25, 0.3) is 0 Å². The van der Waals surface area contributed by atoms with E-state index in [9.17, 15) is 10.1 Å². The highest BCUT2D eigenvalue weighted by Gasteiger charge is 2.34. The summed E-state index contributed by atoms with van der Waals surface area (Å²) in [5, 5.41) is 19.0. The Hall–Kier alpha value is -3.40. The van der Waals surface area contributed by atoms with Crippen molar-refractivity contribution in [3.63, 3.8) is 0 Å². The molecule has 2 saturated heterocycles. The molecule has 2 aromatic heterocycles. The molecule has 0 saturated carbocycles. The zero-order chi connectivity index (χ0) is 28.7. The molecule has 0 unspecified atom stereocenters. The lowest BCUT2D eigenvalue weighted by atomic mass is 9.96. The Morgan fingerprint density at radius 1 is 1.21 bits per heavy atom. The number of hydrogen-bond donors (Lipinski definition) is 1. The summed E-state index contributed by atoms with van der Waals surface area (Å²) in [6.45, 7) is 12.7. The number of H-pyrrole nitrogens is 1. The number of fused-ring (bicyclic) bond motifs is 2. The fourth-order valence-corrected chi connectivity index (χ4v) is 6.76. The van der Waals surface area contributed by atoms with Crippen LogP contribution in [0.15, 0.2) is 31.0 Å². The molecule has 230 valence electrons. The fraction of sp³-hybridized carbons (Fsp3) is 0.484. The van der Waals surface area contributed by atoms with Crippen molar-refractivity contribution in [2.75, 3.05) is 56.2 Å². The summed E-state index contributed by atoms with van der Waals surface area (Å²) in [4.78, 5) is 26.3. The highest BCUT2D eigenvalue weighted by molar-refractivity contribution is 7.59. The van der Waals surface area contributed by atoms with Crippen LogP contribution in [0, 0.1) is 18.3 Å². The predicted octanol–water partition coefficient (Wildman–Crippen LogP) is 3.62. The van der Waals surface area contributed by atoms with Gasteiger partial charge in [-0.25, -0.2) is 4.98 Å². The van der Waals surface area contributed by atoms with Crippen molar-refractivity contribution in [2.45, 2.75) is 51.7 Å². The number of aromatic amines is 1. The van der Waals surface area contributed by atoms with Gasteiger partial charge >= 0.3 is 0 Å². The third-order valence-electron chi connectivity index (χ3n) is 9.00. The molecule has 0 aliphatic carbocycles. The average molecular weight is 623 g/mol. The van der Waals surface area contributed by atoms with Crippen LogP contribution >= 0.6 is 27.0 Å². The first-order chi connectivity index (χ1) is 19.9. The monoisotopic (exact) mass is 622 g/mol. The number of aromatic nitrogens is 3. The fourth-order valence-electron chi connectivity index (χ4n) is 6.76. The van der Waals surface area contributed by atoms with Gasteiger partial charge in [-0.15, -0.1) is 0 Å². The Kier molecular flexibility index (Phi) is 10.2. The van der Waals surface area contributed by atoms with Crippen molar-refractivity contribution in [3.05, 3.63) is 53.4 Å². The number of piperazine rings is 1. The number of rotatable bonds is 6. The number of carbonyl (C=O) groups is 1. The minimum Gasteiger partial charge on any atom is -0.475 e. The van der Waals surface area contributed by atoms with E-state index in [0.717, 1.165) is 65.9 Å². The van der Waals surface area contributed by atoms with Gasteiger partial charge in [-0.3, -0.25) is 9.89 Å². The van der Waals surface area contributed by atoms with E-state index in [1.807, 2.05) is 11.1 Å². The Bertz CT molecular complexity index is 1540. The van der Waals surface area contributed by atoms with E-state index in [0.29, 0.717) is 50.3 Å². The van der Waals surface area contributed by atoms with Crippen molar-refractivity contribution in [2.24, 2.45) is 0 Å². The number of amides is 1. The summed E-state index contributed by atoms with van der Waals surface area (Å²) in [5.74, 6) is 0.357. The Morgan fingerprint density at radius 3 is 2.72 bits per heavy atom. The SMILES string of the molecule is C=CC(=O)N1CCN(c2c(C#N)c(OC[C@@H]3CCCN3C)nc3c2CCN(c2c(C)ccc4cn[nH]c24)C3)C[C@@H]1C.S.S. The smallest absolute Gasteiger partial charge is 0.246 e. The molecule has 0 bridgehead atoms. The molecule has 3 aliphatic heterocycles. The van der Waals surface area contributed by atoms with Gasteiger partial charge in [0.15, 0.2) is 0 Å². The van der Waals surface area contributed by atoms with Gasteiger partial charge in [0.2, 0.25) is 11.8 Å². The zero-order valence-corrected chi connectivity index (χ0v) is 27.2. The summed E-state index contributed by atoms with van der Waals surface area (Å²) in [6.07, 6.45) is 6.22. The van der Waals surface area contributed by atoms with Gasteiger partial charge in [-0.2, -0.15) is 37.4 Å². The number of anilines is 2. The number of ether oxygens (including phenoxy) is 1. The van der Waals surface area contributed by atoms with Gasteiger partial charge in [-0.1, -0.05) is 18.7 Å². The van der Waals surface area contributed by atoms with Crippen LogP contribution in [0.2, 0.25) is 0 Å². The number of aryl methyl sites for hydroxylation is 1. The predicted molar refractivity (Wildman–Crippen MR) is 180 cm³/mol. The van der Waals surface area contributed by atoms with Crippen LogP contribution < -0.4 is 14.5 Å². The van der Waals surface area contributed by atoms with Gasteiger partial charge in [0.1, 0.15) is 18.2 Å². The number of likely N-dealkylation sites (N-methyl/N-ethyl adjacent to an activating group) is 1. The molecule has 1 aromatic carbocycles. The summed E-state index contributed by atoms with van der Waals surface area (Å²) < 4.78 is 6.39. The highest BCUT2D eigenvalue weighted by Crippen LogP contribution is 2.40. The van der Waals surface area contributed by atoms with Crippen molar-refractivity contribution in [1.29, 1.82) is 5.26 Å². The summed E-state index contributed by atoms with van der Waals surface area (Å²) in [7, 11) is 2.12. The molecule has 10 nitrogen and oxygen atoms in total. The number of nitrogens with one attached hydrogen (secondary N) is 1. The first kappa shape index (κ1) is 32.5. The van der Waals surface area contributed by atoms with Crippen molar-refractivity contribution in [1.82, 2.24) is 25.0 Å². The van der Waals surface area contributed by atoms with Gasteiger partial charge in [-0.05, 0) is 58.3 Å². The van der Waals surface area contributed by atoms with Crippen LogP contribution in [0.3, 0.4) is 0 Å². The lowest BCUT2D eigenvalue weighted by Gasteiger charge is -2.42. The van der Waals surface area contributed by atoms with Crippen LogP contribution in [-0.4, -0.2) is 89.4 Å². The van der Waals surface area contributed by atoms with E-state index in [1.165, 1.54) is 11.6 Å². The second-order valence-electron chi connectivity index (χ2n) is 11.5. The molecule has 43 heavy (non-hydrogen) atoms. The molecule has 1 N–H and O–H groups in total. The minimum atomic E-state index is -0.0573. The molecule has 2 fully saturated rings. The van der Waals surface area contributed by atoms with Crippen LogP contribution in [0.4, 0.5) is 11.4 Å². The maximum Gasteiger partial charge on any atom is 0.246 e. The average Bonchev–Trinajstić information content (AvgIpc) is 3.62. The molecule has 0 spiro atoms. The molecule has 6 rings (SSSR count). The van der Waals surface area contributed by atoms with E-state index >= 15 is 0 Å². The Morgan fingerprint density at radius 2 is 2.02 bits per heavy atom. The molecule has 5 heterocycles. The van der Waals surface area contributed by atoms with Crippen LogP contribution in [0.1, 0.15) is 42.1 Å². The van der Waals surface area contributed by atoms with Crippen LogP contribution in [-0.2, 0) is 17.8 Å². The second kappa shape index (κ2) is 13.5. The minimum absolute atomic E-state index is 0. The Labute approximate surface area is 267 Å². The maximum absolute atomic E-state index is 12.4. The third kappa shape index (κ3) is 6.03. The first-order valence-electron chi connectivity index (χ1n) is 14.5. The third-order valence-corrected chi connectivity index (χ3v) is 9.00. The summed E-state index contributed by atoms with van der Waals surface area (Å²) in [5.41, 5.74) is 6.80. The van der Waals surface area contributed by atoms with E-state index in [-0.39, 0.29) is 38.9 Å². The molecule has 12 heteroatoms. The largest absolute Gasteiger partial charge is 0.475 e. The van der Waals surface area contributed by atoms with E-state index in [4.69, 9.17) is 9.72 Å². The summed E-state index contributed by atoms with van der Waals surface area (Å²) >= 11 is 0. The number of carbonyl (C=O) groups excluding carboxylic acids is 1.